The molecule has 0 amide bonds. The average molecular weight is 570 g/mol. The second-order valence-corrected chi connectivity index (χ2v) is 13.2. The molecule has 0 N–H and O–H groups in total. The first-order valence-corrected chi connectivity index (χ1v) is 15.7. The highest BCUT2D eigenvalue weighted by Gasteiger charge is 2.65. The smallest absolute Gasteiger partial charge is 0.303 e. The maximum atomic E-state index is 14.0. The predicted molar refractivity (Wildman–Crippen MR) is 162 cm³/mol. The van der Waals surface area contributed by atoms with Crippen LogP contribution >= 0.6 is 0 Å². The monoisotopic (exact) mass is 569 g/mol. The van der Waals surface area contributed by atoms with E-state index in [1.165, 1.54) is 34.9 Å². The summed E-state index contributed by atoms with van der Waals surface area (Å²) >= 11 is 0. The number of morpholine rings is 1. The van der Waals surface area contributed by atoms with Gasteiger partial charge < -0.3 is 14.4 Å². The molecule has 1 saturated heterocycles. The predicted octanol–water partition coefficient (Wildman–Crippen LogP) is 5.81. The Kier molecular flexibility index (Phi) is 7.68. The van der Waals surface area contributed by atoms with Crippen LogP contribution < -0.4 is 4.90 Å². The standard InChI is InChI=1S/C36H43NO5/c1-5-13-36(33(40)22-42-24(3)38)14-12-32-30-19-23(2)29-20-27(39)10-11-28(29)34(30)31(21-35(32,36)4)25-6-8-26(9-7-25)37-15-17-41-18-16-37/h6-9,20,23,30-32H,10-12,14-19,21-22H2,1-4H3/t23?,30-,31+,32-,35-,36+/m0/s1. The summed E-state index contributed by atoms with van der Waals surface area (Å²) in [7, 11) is 0. The van der Waals surface area contributed by atoms with Crippen molar-refractivity contribution in [2.75, 3.05) is 37.8 Å². The lowest BCUT2D eigenvalue weighted by Gasteiger charge is -2.55. The number of anilines is 1. The van der Waals surface area contributed by atoms with Gasteiger partial charge in [-0.25, -0.2) is 0 Å². The first kappa shape index (κ1) is 28.9. The van der Waals surface area contributed by atoms with Gasteiger partial charge in [0.25, 0.3) is 0 Å². The molecule has 0 radical (unpaired) electrons. The van der Waals surface area contributed by atoms with Crippen molar-refractivity contribution in [3.8, 4) is 11.8 Å². The van der Waals surface area contributed by atoms with E-state index in [0.717, 1.165) is 52.0 Å². The molecular formula is C36H43NO5. The van der Waals surface area contributed by atoms with Gasteiger partial charge in [-0.3, -0.25) is 14.4 Å². The molecule has 1 unspecified atom stereocenters. The lowest BCUT2D eigenvalue weighted by molar-refractivity contribution is -0.150. The summed E-state index contributed by atoms with van der Waals surface area (Å²) < 4.78 is 10.8. The number of hydrogen-bond acceptors (Lipinski definition) is 6. The molecule has 1 aliphatic heterocycles. The Morgan fingerprint density at radius 1 is 1.14 bits per heavy atom. The van der Waals surface area contributed by atoms with Crippen molar-refractivity contribution >= 4 is 23.2 Å². The number of esters is 1. The minimum atomic E-state index is -0.855. The van der Waals surface area contributed by atoms with Crippen molar-refractivity contribution in [1.29, 1.82) is 0 Å². The normalized spacial score (nSPS) is 34.0. The molecule has 6 heteroatoms. The van der Waals surface area contributed by atoms with Gasteiger partial charge in [0, 0.05) is 38.0 Å². The molecule has 0 aromatic heterocycles. The molecule has 1 aromatic rings. The number of carbonyl (C=O) groups is 3. The van der Waals surface area contributed by atoms with Crippen LogP contribution in [0.15, 0.2) is 47.1 Å². The average Bonchev–Trinajstić information content (AvgIpc) is 3.29. The lowest BCUT2D eigenvalue weighted by Crippen LogP contribution is -2.52. The minimum Gasteiger partial charge on any atom is -0.458 e. The van der Waals surface area contributed by atoms with Gasteiger partial charge in [0.15, 0.2) is 18.2 Å². The van der Waals surface area contributed by atoms with E-state index in [2.05, 4.69) is 54.9 Å². The van der Waals surface area contributed by atoms with Crippen LogP contribution in [0, 0.1) is 40.4 Å². The molecule has 1 heterocycles. The molecule has 2 saturated carbocycles. The van der Waals surface area contributed by atoms with Crippen molar-refractivity contribution in [3.05, 3.63) is 52.6 Å². The second kappa shape index (κ2) is 11.2. The maximum absolute atomic E-state index is 14.0. The summed E-state index contributed by atoms with van der Waals surface area (Å²) in [5.74, 6) is 7.34. The van der Waals surface area contributed by atoms with Crippen LogP contribution in [0.1, 0.15) is 77.7 Å². The first-order valence-electron chi connectivity index (χ1n) is 15.7. The lowest BCUT2D eigenvalue weighted by atomic mass is 9.47. The van der Waals surface area contributed by atoms with Crippen molar-refractivity contribution in [3.63, 3.8) is 0 Å². The summed E-state index contributed by atoms with van der Waals surface area (Å²) in [6.45, 7) is 10.8. The number of ether oxygens (including phenoxy) is 2. The van der Waals surface area contributed by atoms with Crippen molar-refractivity contribution in [1.82, 2.24) is 0 Å². The molecule has 5 aliphatic rings. The van der Waals surface area contributed by atoms with Gasteiger partial charge >= 0.3 is 5.97 Å². The van der Waals surface area contributed by atoms with Gasteiger partial charge in [0.1, 0.15) is 0 Å². The Hall–Kier alpha value is -3.17. The first-order chi connectivity index (χ1) is 20.2. The van der Waals surface area contributed by atoms with Crippen molar-refractivity contribution < 1.29 is 23.9 Å². The Morgan fingerprint density at radius 2 is 1.88 bits per heavy atom. The fourth-order valence-electron chi connectivity index (χ4n) is 9.25. The zero-order chi connectivity index (χ0) is 29.6. The number of fused-ring (bicyclic) bond motifs is 4. The summed E-state index contributed by atoms with van der Waals surface area (Å²) in [5.41, 5.74) is 5.38. The Bertz CT molecular complexity index is 1400. The van der Waals surface area contributed by atoms with Crippen molar-refractivity contribution in [2.24, 2.45) is 28.6 Å². The Morgan fingerprint density at radius 3 is 2.57 bits per heavy atom. The molecule has 0 spiro atoms. The second-order valence-electron chi connectivity index (χ2n) is 13.2. The van der Waals surface area contributed by atoms with Crippen LogP contribution in [0.3, 0.4) is 0 Å². The van der Waals surface area contributed by atoms with E-state index in [4.69, 9.17) is 9.47 Å². The van der Waals surface area contributed by atoms with E-state index < -0.39 is 11.4 Å². The van der Waals surface area contributed by atoms with E-state index in [9.17, 15) is 14.4 Å². The molecule has 222 valence electrons. The number of nitrogens with zero attached hydrogens (tertiary/aromatic N) is 1. The van der Waals surface area contributed by atoms with Crippen molar-refractivity contribution in [2.45, 2.75) is 72.1 Å². The highest BCUT2D eigenvalue weighted by atomic mass is 16.5. The van der Waals surface area contributed by atoms with E-state index in [1.54, 1.807) is 0 Å². The largest absolute Gasteiger partial charge is 0.458 e. The molecule has 42 heavy (non-hydrogen) atoms. The SMILES string of the molecule is CC#C[C@]1(C(=O)COC(C)=O)CC[C@H]2[C@@H]3CC(C)C4=CC(=O)CCC4=C3[C@@H](c3ccc(N4CCOCC4)cc3)C[C@@]21C. The van der Waals surface area contributed by atoms with Gasteiger partial charge in [-0.15, -0.1) is 5.92 Å². The molecule has 6 atom stereocenters. The molecule has 0 bridgehead atoms. The zero-order valence-electron chi connectivity index (χ0n) is 25.5. The third-order valence-corrected chi connectivity index (χ3v) is 11.2. The summed E-state index contributed by atoms with van der Waals surface area (Å²) in [6, 6.07) is 9.03. The molecule has 6 rings (SSSR count). The van der Waals surface area contributed by atoms with Crippen LogP contribution in [-0.2, 0) is 23.9 Å². The minimum absolute atomic E-state index is 0.0673. The van der Waals surface area contributed by atoms with E-state index >= 15 is 0 Å². The molecule has 3 fully saturated rings. The number of benzene rings is 1. The Labute approximate surface area is 249 Å². The number of Topliss-reactive ketones (excluding diaryl/α,β-unsaturated/α-hetero) is 1. The van der Waals surface area contributed by atoms with Crippen LogP contribution in [-0.4, -0.2) is 50.4 Å². The number of rotatable bonds is 5. The van der Waals surface area contributed by atoms with Gasteiger partial charge in [-0.1, -0.05) is 37.5 Å². The number of allylic oxidation sites excluding steroid dienone is 4. The fourth-order valence-corrected chi connectivity index (χ4v) is 9.25. The topological polar surface area (TPSA) is 72.9 Å². The van der Waals surface area contributed by atoms with E-state index in [0.29, 0.717) is 30.6 Å². The van der Waals surface area contributed by atoms with Gasteiger partial charge in [0.2, 0.25) is 0 Å². The molecule has 1 aromatic carbocycles. The van der Waals surface area contributed by atoms with Crippen LogP contribution in [0.4, 0.5) is 5.69 Å². The molecule has 6 nitrogen and oxygen atoms in total. The van der Waals surface area contributed by atoms with Gasteiger partial charge in [-0.2, -0.15) is 0 Å². The quantitative estimate of drug-likeness (QED) is 0.329. The number of carbonyl (C=O) groups excluding carboxylic acids is 3. The third kappa shape index (κ3) is 4.65. The van der Waals surface area contributed by atoms with E-state index in [-0.39, 0.29) is 29.5 Å². The zero-order valence-corrected chi connectivity index (χ0v) is 25.5. The summed E-state index contributed by atoms with van der Waals surface area (Å²) in [6.07, 6.45) is 6.69. The number of hydrogen-bond donors (Lipinski definition) is 0. The fraction of sp³-hybridized carbons (Fsp3) is 0.583. The Balaban J connectivity index is 1.47. The summed E-state index contributed by atoms with van der Waals surface area (Å²) in [4.78, 5) is 40.6. The van der Waals surface area contributed by atoms with Crippen LogP contribution in [0.2, 0.25) is 0 Å². The number of ketones is 2. The summed E-state index contributed by atoms with van der Waals surface area (Å²) in [5, 5.41) is 0. The van der Waals surface area contributed by atoms with E-state index in [1.807, 2.05) is 13.0 Å². The van der Waals surface area contributed by atoms with Crippen LogP contribution in [0.25, 0.3) is 0 Å². The van der Waals surface area contributed by atoms with Gasteiger partial charge in [0.05, 0.1) is 18.6 Å². The highest BCUT2D eigenvalue weighted by Crippen LogP contribution is 2.70. The third-order valence-electron chi connectivity index (χ3n) is 11.2. The molecule has 4 aliphatic carbocycles. The van der Waals surface area contributed by atoms with Crippen LogP contribution in [0.5, 0.6) is 0 Å². The van der Waals surface area contributed by atoms with Gasteiger partial charge in [-0.05, 0) is 97.1 Å². The highest BCUT2D eigenvalue weighted by molar-refractivity contribution is 5.93. The maximum Gasteiger partial charge on any atom is 0.303 e. The molecular weight excluding hydrogens is 526 g/mol.